The van der Waals surface area contributed by atoms with E-state index in [9.17, 15) is 0 Å². The maximum Gasteiger partial charge on any atom is 0.126 e. The Morgan fingerprint density at radius 1 is 0.569 bits per heavy atom. The van der Waals surface area contributed by atoms with Gasteiger partial charge in [-0.1, -0.05) is 145 Å². The highest BCUT2D eigenvalue weighted by atomic mass is 31.1. The van der Waals surface area contributed by atoms with Crippen molar-refractivity contribution < 1.29 is 9.47 Å². The van der Waals surface area contributed by atoms with Gasteiger partial charge in [-0.15, -0.1) is 0 Å². The number of methoxy groups -OCH3 is 2. The van der Waals surface area contributed by atoms with Crippen molar-refractivity contribution in [3.05, 3.63) is 101 Å². The van der Waals surface area contributed by atoms with Gasteiger partial charge >= 0.3 is 0 Å². The average Bonchev–Trinajstić information content (AvgIpc) is 3.42. The van der Waals surface area contributed by atoms with E-state index >= 15 is 0 Å². The standard InChI is InChI=1S/C47H64O2P2/c1-30(2)41-25-31-21-17-18-22-38(31)51(41)40-24-20-19-23-39(40)50(32-26-34(44(3,4)5)42(48-15)35(27-32)45(6,7)8)33-28-36(46(9,10)11)43(49-16)37(29-33)47(12,13)14/h17-24,26-30,41H,25H2,1-16H3. The minimum absolute atomic E-state index is 0.105. The summed E-state index contributed by atoms with van der Waals surface area (Å²) < 4.78 is 12.6. The predicted octanol–water partition coefficient (Wildman–Crippen LogP) is 10.7. The minimum atomic E-state index is -0.994. The molecular weight excluding hydrogens is 658 g/mol. The Labute approximate surface area is 313 Å². The summed E-state index contributed by atoms with van der Waals surface area (Å²) in [7, 11) is 2.13. The Morgan fingerprint density at radius 3 is 1.31 bits per heavy atom. The zero-order valence-corrected chi connectivity index (χ0v) is 36.3. The smallest absolute Gasteiger partial charge is 0.126 e. The topological polar surface area (TPSA) is 18.5 Å². The molecular formula is C47H64O2P2. The molecule has 0 amide bonds. The summed E-state index contributed by atoms with van der Waals surface area (Å²) in [4.78, 5) is 0. The molecule has 4 aromatic rings. The van der Waals surface area contributed by atoms with Crippen LogP contribution in [0, 0.1) is 5.92 Å². The lowest BCUT2D eigenvalue weighted by molar-refractivity contribution is 0.381. The molecule has 0 aliphatic carbocycles. The number of ether oxygens (including phenoxy) is 2. The highest BCUT2D eigenvalue weighted by Crippen LogP contribution is 2.52. The van der Waals surface area contributed by atoms with Crippen LogP contribution in [0.1, 0.15) is 125 Å². The molecule has 51 heavy (non-hydrogen) atoms. The Kier molecular flexibility index (Phi) is 11.1. The van der Waals surface area contributed by atoms with Gasteiger partial charge in [0.05, 0.1) is 14.2 Å². The van der Waals surface area contributed by atoms with Crippen LogP contribution < -0.4 is 36.0 Å². The molecule has 1 aliphatic heterocycles. The largest absolute Gasteiger partial charge is 0.496 e. The molecule has 2 atom stereocenters. The number of hydrogen-bond acceptors (Lipinski definition) is 2. The molecule has 0 spiro atoms. The molecule has 0 fully saturated rings. The SMILES string of the molecule is COc1c(C(C)(C)C)cc(P(c2cc(C(C)(C)C)c(OC)c(C(C)(C)C)c2)c2ccccc2P2c3ccccc3CC2C(C)C)cc1C(C)(C)C. The first kappa shape index (κ1) is 39.5. The van der Waals surface area contributed by atoms with Crippen molar-refractivity contribution >= 4 is 42.4 Å². The quantitative estimate of drug-likeness (QED) is 0.177. The van der Waals surface area contributed by atoms with Crippen LogP contribution in [0.4, 0.5) is 0 Å². The van der Waals surface area contributed by atoms with Gasteiger partial charge in [0, 0.05) is 22.3 Å². The molecule has 0 N–H and O–H groups in total. The van der Waals surface area contributed by atoms with Crippen molar-refractivity contribution in [2.75, 3.05) is 14.2 Å². The molecule has 1 aliphatic rings. The molecule has 5 rings (SSSR count). The fraction of sp³-hybridized carbons (Fsp3) is 0.489. The van der Waals surface area contributed by atoms with E-state index in [1.54, 1.807) is 5.30 Å². The molecule has 0 saturated heterocycles. The van der Waals surface area contributed by atoms with Crippen molar-refractivity contribution in [2.45, 2.75) is 131 Å². The summed E-state index contributed by atoms with van der Waals surface area (Å²) in [5, 5.41) is 7.37. The van der Waals surface area contributed by atoms with E-state index in [1.165, 1.54) is 49.0 Å². The molecule has 0 aromatic heterocycles. The van der Waals surface area contributed by atoms with E-state index in [2.05, 4.69) is 170 Å². The Morgan fingerprint density at radius 2 is 0.941 bits per heavy atom. The van der Waals surface area contributed by atoms with Crippen LogP contribution in [0.2, 0.25) is 0 Å². The molecule has 1 heterocycles. The van der Waals surface area contributed by atoms with Crippen molar-refractivity contribution in [1.82, 2.24) is 0 Å². The van der Waals surface area contributed by atoms with E-state index in [0.29, 0.717) is 11.6 Å². The fourth-order valence-electron chi connectivity index (χ4n) is 7.69. The third-order valence-electron chi connectivity index (χ3n) is 10.5. The normalized spacial score (nSPS) is 16.9. The van der Waals surface area contributed by atoms with Gasteiger partial charge in [-0.2, -0.15) is 0 Å². The minimum Gasteiger partial charge on any atom is -0.496 e. The van der Waals surface area contributed by atoms with Gasteiger partial charge < -0.3 is 9.47 Å². The lowest BCUT2D eigenvalue weighted by Crippen LogP contribution is -2.35. The van der Waals surface area contributed by atoms with Crippen molar-refractivity contribution in [3.8, 4) is 11.5 Å². The molecule has 0 radical (unpaired) electrons. The van der Waals surface area contributed by atoms with Crippen LogP contribution in [0.15, 0.2) is 72.8 Å². The Bertz CT molecular complexity index is 1720. The molecule has 0 saturated carbocycles. The van der Waals surface area contributed by atoms with Crippen LogP contribution in [0.5, 0.6) is 11.5 Å². The third-order valence-corrected chi connectivity index (χ3v) is 16.4. The van der Waals surface area contributed by atoms with E-state index in [-0.39, 0.29) is 21.7 Å². The number of hydrogen-bond donors (Lipinski definition) is 0. The van der Waals surface area contributed by atoms with Crippen LogP contribution in [-0.4, -0.2) is 19.9 Å². The molecule has 0 bridgehead atoms. The van der Waals surface area contributed by atoms with Crippen LogP contribution in [0.3, 0.4) is 0 Å². The highest BCUT2D eigenvalue weighted by molar-refractivity contribution is 7.83. The van der Waals surface area contributed by atoms with Crippen molar-refractivity contribution in [2.24, 2.45) is 5.92 Å². The molecule has 4 heteroatoms. The summed E-state index contributed by atoms with van der Waals surface area (Å²) >= 11 is 0. The lowest BCUT2D eigenvalue weighted by Gasteiger charge is -2.35. The van der Waals surface area contributed by atoms with E-state index in [0.717, 1.165) is 17.9 Å². The van der Waals surface area contributed by atoms with E-state index in [4.69, 9.17) is 9.47 Å². The Hall–Kier alpha value is -2.66. The maximum absolute atomic E-state index is 6.31. The van der Waals surface area contributed by atoms with Crippen LogP contribution in [-0.2, 0) is 28.1 Å². The van der Waals surface area contributed by atoms with Gasteiger partial charge in [-0.25, -0.2) is 0 Å². The summed E-state index contributed by atoms with van der Waals surface area (Å²) in [6.07, 6.45) is 1.15. The van der Waals surface area contributed by atoms with Gasteiger partial charge in [0.1, 0.15) is 11.5 Å². The van der Waals surface area contributed by atoms with Crippen LogP contribution >= 0.6 is 15.8 Å². The maximum atomic E-state index is 6.31. The van der Waals surface area contributed by atoms with Crippen molar-refractivity contribution in [3.63, 3.8) is 0 Å². The first-order valence-corrected chi connectivity index (χ1v) is 21.6. The summed E-state index contributed by atoms with van der Waals surface area (Å²) in [6, 6.07) is 28.8. The van der Waals surface area contributed by atoms with Gasteiger partial charge in [0.25, 0.3) is 0 Å². The first-order chi connectivity index (χ1) is 23.6. The molecule has 2 nitrogen and oxygen atoms in total. The molecule has 2 unspecified atom stereocenters. The lowest BCUT2D eigenvalue weighted by atomic mass is 9.79. The predicted molar refractivity (Wildman–Crippen MR) is 228 cm³/mol. The van der Waals surface area contributed by atoms with Crippen LogP contribution in [0.25, 0.3) is 0 Å². The molecule has 4 aromatic carbocycles. The molecule has 274 valence electrons. The Balaban J connectivity index is 1.97. The zero-order chi connectivity index (χ0) is 37.8. The first-order valence-electron chi connectivity index (χ1n) is 18.8. The number of fused-ring (bicyclic) bond motifs is 1. The van der Waals surface area contributed by atoms with E-state index in [1.807, 2.05) is 14.2 Å². The fourth-order valence-corrected chi connectivity index (χ4v) is 14.0. The van der Waals surface area contributed by atoms with Crippen molar-refractivity contribution in [1.29, 1.82) is 0 Å². The highest BCUT2D eigenvalue weighted by Gasteiger charge is 2.39. The second-order valence-corrected chi connectivity index (χ2v) is 23.5. The van der Waals surface area contributed by atoms with Gasteiger partial charge in [-0.3, -0.25) is 0 Å². The summed E-state index contributed by atoms with van der Waals surface area (Å²) in [5.41, 5.74) is 6.81. The number of rotatable bonds is 7. The average molecular weight is 723 g/mol. The summed E-state index contributed by atoms with van der Waals surface area (Å²) in [5.74, 6) is 2.64. The van der Waals surface area contributed by atoms with Gasteiger partial charge in [0.15, 0.2) is 0 Å². The third kappa shape index (κ3) is 7.85. The van der Waals surface area contributed by atoms with E-state index < -0.39 is 15.8 Å². The number of benzene rings is 4. The zero-order valence-electron chi connectivity index (χ0n) is 34.5. The second-order valence-electron chi connectivity index (χ2n) is 19.0. The monoisotopic (exact) mass is 722 g/mol. The van der Waals surface area contributed by atoms with Gasteiger partial charge in [-0.05, 0) is 112 Å². The second kappa shape index (κ2) is 14.3. The summed E-state index contributed by atoms with van der Waals surface area (Å²) in [6.45, 7) is 32.8. The van der Waals surface area contributed by atoms with Gasteiger partial charge in [0.2, 0.25) is 0 Å².